The fraction of sp³-hybridized carbons (Fsp3) is 0.111. The summed E-state index contributed by atoms with van der Waals surface area (Å²) < 4.78 is 7.32. The Hall–Kier alpha value is -3.08. The molecule has 23 heavy (non-hydrogen) atoms. The van der Waals surface area contributed by atoms with E-state index in [-0.39, 0.29) is 0 Å². The molecule has 0 aliphatic heterocycles. The number of rotatable bonds is 3. The molecule has 0 fully saturated rings. The number of fused-ring (bicyclic) bond motifs is 1. The average Bonchev–Trinajstić information content (AvgIpc) is 3.20. The summed E-state index contributed by atoms with van der Waals surface area (Å²) in [6.07, 6.45) is 5.48. The van der Waals surface area contributed by atoms with Crippen molar-refractivity contribution >= 4 is 22.3 Å². The van der Waals surface area contributed by atoms with Crippen LogP contribution in [-0.4, -0.2) is 14.7 Å². The van der Waals surface area contributed by atoms with Gasteiger partial charge >= 0.3 is 0 Å². The number of hydrogen-bond acceptors (Lipinski definition) is 4. The molecule has 4 rings (SSSR count). The van der Waals surface area contributed by atoms with Gasteiger partial charge in [0.1, 0.15) is 0 Å². The molecular formula is C18H16N4O. The fourth-order valence-corrected chi connectivity index (χ4v) is 2.63. The zero-order chi connectivity index (χ0) is 15.8. The lowest BCUT2D eigenvalue weighted by molar-refractivity contribution is 0.450. The number of imidazole rings is 1. The highest BCUT2D eigenvalue weighted by Crippen LogP contribution is 2.28. The van der Waals surface area contributed by atoms with E-state index in [4.69, 9.17) is 4.52 Å². The molecule has 5 nitrogen and oxygen atoms in total. The maximum absolute atomic E-state index is 5.35. The monoisotopic (exact) mass is 304 g/mol. The fourth-order valence-electron chi connectivity index (χ4n) is 2.63. The van der Waals surface area contributed by atoms with Gasteiger partial charge in [0.05, 0.1) is 12.0 Å². The normalized spacial score (nSPS) is 11.0. The molecule has 0 spiro atoms. The molecule has 1 N–H and O–H groups in total. The molecule has 4 aromatic rings. The Morgan fingerprint density at radius 3 is 2.65 bits per heavy atom. The first-order valence-corrected chi connectivity index (χ1v) is 7.43. The highest BCUT2D eigenvalue weighted by Gasteiger charge is 2.08. The molecule has 0 amide bonds. The highest BCUT2D eigenvalue weighted by atomic mass is 16.5. The Morgan fingerprint density at radius 2 is 1.91 bits per heavy atom. The van der Waals surface area contributed by atoms with Crippen LogP contribution in [-0.2, 0) is 0 Å². The number of anilines is 2. The molecule has 0 aliphatic rings. The van der Waals surface area contributed by atoms with Gasteiger partial charge in [-0.2, -0.15) is 0 Å². The Bertz CT molecular complexity index is 953. The first kappa shape index (κ1) is 13.6. The summed E-state index contributed by atoms with van der Waals surface area (Å²) in [5.41, 5.74) is 5.98. The standard InChI is InChI=1S/C18H16N4O/c1-12-9-16-13(2)21-23-18(16)10-17(12)20-14-3-5-15(6-4-14)22-8-7-19-11-22/h3-11,20H,1-2H3. The maximum Gasteiger partial charge on any atom is 0.169 e. The van der Waals surface area contributed by atoms with Crippen molar-refractivity contribution in [3.8, 4) is 5.69 Å². The number of nitrogens with one attached hydrogen (secondary N) is 1. The molecule has 5 heteroatoms. The van der Waals surface area contributed by atoms with Crippen LogP contribution in [0.25, 0.3) is 16.7 Å². The third-order valence-corrected chi connectivity index (χ3v) is 3.95. The predicted octanol–water partition coefficient (Wildman–Crippen LogP) is 4.37. The SMILES string of the molecule is Cc1cc2c(C)noc2cc1Nc1ccc(-n2ccnc2)cc1. The molecule has 114 valence electrons. The van der Waals surface area contributed by atoms with Gasteiger partial charge in [0.15, 0.2) is 5.58 Å². The van der Waals surface area contributed by atoms with E-state index in [1.807, 2.05) is 35.9 Å². The number of benzene rings is 2. The molecule has 0 atom stereocenters. The molecule has 2 heterocycles. The van der Waals surface area contributed by atoms with Crippen molar-refractivity contribution in [2.45, 2.75) is 13.8 Å². The van der Waals surface area contributed by atoms with Crippen LogP contribution in [0.2, 0.25) is 0 Å². The zero-order valence-electron chi connectivity index (χ0n) is 12.9. The molecule has 0 aliphatic carbocycles. The summed E-state index contributed by atoms with van der Waals surface area (Å²) in [6.45, 7) is 4.03. The van der Waals surface area contributed by atoms with Crippen LogP contribution < -0.4 is 5.32 Å². The summed E-state index contributed by atoms with van der Waals surface area (Å²) in [5, 5.41) is 8.51. The predicted molar refractivity (Wildman–Crippen MR) is 90.3 cm³/mol. The van der Waals surface area contributed by atoms with Gasteiger partial charge in [0.2, 0.25) is 0 Å². The summed E-state index contributed by atoms with van der Waals surface area (Å²) in [4.78, 5) is 4.06. The second kappa shape index (κ2) is 5.28. The molecule has 0 unspecified atom stereocenters. The van der Waals surface area contributed by atoms with Gasteiger partial charge in [-0.1, -0.05) is 5.16 Å². The van der Waals surface area contributed by atoms with E-state index in [1.165, 1.54) is 0 Å². The second-order valence-electron chi connectivity index (χ2n) is 5.57. The Labute approximate surface area is 133 Å². The van der Waals surface area contributed by atoms with Crippen LogP contribution >= 0.6 is 0 Å². The van der Waals surface area contributed by atoms with Crippen molar-refractivity contribution in [1.29, 1.82) is 0 Å². The van der Waals surface area contributed by atoms with Crippen LogP contribution in [0.3, 0.4) is 0 Å². The first-order valence-electron chi connectivity index (χ1n) is 7.43. The molecule has 0 bridgehead atoms. The summed E-state index contributed by atoms with van der Waals surface area (Å²) in [7, 11) is 0. The number of aromatic nitrogens is 3. The first-order chi connectivity index (χ1) is 11.2. The van der Waals surface area contributed by atoms with E-state index in [9.17, 15) is 0 Å². The lowest BCUT2D eigenvalue weighted by Gasteiger charge is -2.10. The molecule has 0 radical (unpaired) electrons. The summed E-state index contributed by atoms with van der Waals surface area (Å²) in [6, 6.07) is 12.3. The van der Waals surface area contributed by atoms with Gasteiger partial charge in [0.25, 0.3) is 0 Å². The topological polar surface area (TPSA) is 55.9 Å². The van der Waals surface area contributed by atoms with Crippen molar-refractivity contribution in [1.82, 2.24) is 14.7 Å². The van der Waals surface area contributed by atoms with Crippen molar-refractivity contribution in [3.05, 3.63) is 66.4 Å². The van der Waals surface area contributed by atoms with E-state index in [2.05, 4.69) is 40.6 Å². The van der Waals surface area contributed by atoms with Gasteiger partial charge in [-0.05, 0) is 49.7 Å². The zero-order valence-corrected chi connectivity index (χ0v) is 12.9. The molecule has 2 aromatic heterocycles. The van der Waals surface area contributed by atoms with Crippen molar-refractivity contribution < 1.29 is 4.52 Å². The smallest absolute Gasteiger partial charge is 0.169 e. The Kier molecular flexibility index (Phi) is 3.12. The summed E-state index contributed by atoms with van der Waals surface area (Å²) >= 11 is 0. The van der Waals surface area contributed by atoms with E-state index in [0.29, 0.717) is 0 Å². The minimum atomic E-state index is 0.797. The van der Waals surface area contributed by atoms with Crippen molar-refractivity contribution in [2.75, 3.05) is 5.32 Å². The van der Waals surface area contributed by atoms with E-state index >= 15 is 0 Å². The lowest BCUT2D eigenvalue weighted by atomic mass is 10.1. The largest absolute Gasteiger partial charge is 0.356 e. The second-order valence-corrected chi connectivity index (χ2v) is 5.57. The van der Waals surface area contributed by atoms with Crippen molar-refractivity contribution in [3.63, 3.8) is 0 Å². The third kappa shape index (κ3) is 2.46. The molecule has 2 aromatic carbocycles. The van der Waals surface area contributed by atoms with Gasteiger partial charge < -0.3 is 14.4 Å². The lowest BCUT2D eigenvalue weighted by Crippen LogP contribution is -1.94. The summed E-state index contributed by atoms with van der Waals surface area (Å²) in [5.74, 6) is 0. The quantitative estimate of drug-likeness (QED) is 0.610. The highest BCUT2D eigenvalue weighted by molar-refractivity contribution is 5.85. The van der Waals surface area contributed by atoms with Crippen LogP contribution in [0, 0.1) is 13.8 Å². The minimum absolute atomic E-state index is 0.797. The number of aryl methyl sites for hydroxylation is 2. The van der Waals surface area contributed by atoms with Gasteiger partial charge in [-0.3, -0.25) is 0 Å². The third-order valence-electron chi connectivity index (χ3n) is 3.95. The maximum atomic E-state index is 5.35. The van der Waals surface area contributed by atoms with E-state index in [0.717, 1.165) is 39.3 Å². The Balaban J connectivity index is 1.64. The minimum Gasteiger partial charge on any atom is -0.356 e. The van der Waals surface area contributed by atoms with E-state index in [1.54, 1.807) is 12.5 Å². The molecular weight excluding hydrogens is 288 g/mol. The van der Waals surface area contributed by atoms with Gasteiger partial charge in [-0.15, -0.1) is 0 Å². The van der Waals surface area contributed by atoms with Crippen molar-refractivity contribution in [2.24, 2.45) is 0 Å². The Morgan fingerprint density at radius 1 is 1.09 bits per heavy atom. The van der Waals surface area contributed by atoms with Crippen LogP contribution in [0.1, 0.15) is 11.3 Å². The number of nitrogens with zero attached hydrogens (tertiary/aromatic N) is 3. The van der Waals surface area contributed by atoms with E-state index < -0.39 is 0 Å². The molecule has 0 saturated heterocycles. The van der Waals surface area contributed by atoms with Crippen LogP contribution in [0.5, 0.6) is 0 Å². The van der Waals surface area contributed by atoms with Crippen LogP contribution in [0.4, 0.5) is 11.4 Å². The van der Waals surface area contributed by atoms with Gasteiger partial charge in [0, 0.05) is 40.9 Å². The number of hydrogen-bond donors (Lipinski definition) is 1. The average molecular weight is 304 g/mol. The van der Waals surface area contributed by atoms with Crippen LogP contribution in [0.15, 0.2) is 59.6 Å². The molecule has 0 saturated carbocycles. The van der Waals surface area contributed by atoms with Gasteiger partial charge in [-0.25, -0.2) is 4.98 Å².